The molecule has 1 aliphatic heterocycles. The first kappa shape index (κ1) is 18.7. The molecule has 2 heterocycles. The van der Waals surface area contributed by atoms with Crippen molar-refractivity contribution in [3.63, 3.8) is 0 Å². The van der Waals surface area contributed by atoms with Crippen LogP contribution in [0, 0.1) is 5.82 Å². The number of halogens is 1. The number of benzene rings is 1. The van der Waals surface area contributed by atoms with E-state index in [0.29, 0.717) is 41.3 Å². The topological polar surface area (TPSA) is 84.4 Å². The molecule has 3 rings (SSSR count). The summed E-state index contributed by atoms with van der Waals surface area (Å²) in [5, 5.41) is 10.9. The van der Waals surface area contributed by atoms with Gasteiger partial charge in [0, 0.05) is 13.1 Å². The van der Waals surface area contributed by atoms with Crippen LogP contribution in [-0.2, 0) is 20.7 Å². The van der Waals surface area contributed by atoms with Gasteiger partial charge >= 0.3 is 0 Å². The maximum atomic E-state index is 12.9. The van der Waals surface area contributed by atoms with Crippen LogP contribution in [-0.4, -0.2) is 59.0 Å². The highest BCUT2D eigenvalue weighted by molar-refractivity contribution is 8.01. The van der Waals surface area contributed by atoms with Crippen LogP contribution in [0.15, 0.2) is 28.6 Å². The van der Waals surface area contributed by atoms with E-state index in [9.17, 15) is 14.0 Å². The fourth-order valence-corrected chi connectivity index (χ4v) is 3.97. The third-order valence-electron chi connectivity index (χ3n) is 3.61. The Labute approximate surface area is 157 Å². The van der Waals surface area contributed by atoms with Crippen molar-refractivity contribution < 1.29 is 18.7 Å². The van der Waals surface area contributed by atoms with Crippen LogP contribution in [0.4, 0.5) is 9.52 Å². The quantitative estimate of drug-likeness (QED) is 0.592. The number of carbonyl (C=O) groups is 2. The summed E-state index contributed by atoms with van der Waals surface area (Å²) in [6, 6.07) is 5.75. The van der Waals surface area contributed by atoms with Gasteiger partial charge in [-0.3, -0.25) is 9.59 Å². The molecule has 1 fully saturated rings. The number of carbonyl (C=O) groups excluding carboxylic acids is 2. The molecule has 7 nitrogen and oxygen atoms in total. The van der Waals surface area contributed by atoms with Gasteiger partial charge in [0.15, 0.2) is 4.34 Å². The van der Waals surface area contributed by atoms with Gasteiger partial charge in [-0.2, -0.15) is 0 Å². The van der Waals surface area contributed by atoms with Crippen LogP contribution in [0.2, 0.25) is 0 Å². The van der Waals surface area contributed by atoms with Crippen molar-refractivity contribution in [2.45, 2.75) is 10.8 Å². The molecular formula is C16H17FN4O3S2. The largest absolute Gasteiger partial charge is 0.378 e. The predicted octanol–water partition coefficient (Wildman–Crippen LogP) is 1.81. The Hall–Kier alpha value is -2.04. The van der Waals surface area contributed by atoms with E-state index in [2.05, 4.69) is 15.5 Å². The van der Waals surface area contributed by atoms with Gasteiger partial charge in [0.2, 0.25) is 16.9 Å². The third kappa shape index (κ3) is 5.48. The Balaban J connectivity index is 1.45. The minimum Gasteiger partial charge on any atom is -0.378 e. The minimum absolute atomic E-state index is 0.0374. The summed E-state index contributed by atoms with van der Waals surface area (Å²) in [6.45, 7) is 2.36. The van der Waals surface area contributed by atoms with Gasteiger partial charge < -0.3 is 15.0 Å². The number of nitrogens with zero attached hydrogens (tertiary/aromatic N) is 3. The lowest BCUT2D eigenvalue weighted by atomic mass is 10.1. The van der Waals surface area contributed by atoms with Crippen LogP contribution in [0.3, 0.4) is 0 Å². The number of aromatic nitrogens is 2. The summed E-state index contributed by atoms with van der Waals surface area (Å²) in [7, 11) is 0. The zero-order chi connectivity index (χ0) is 18.4. The fraction of sp³-hybridized carbons (Fsp3) is 0.375. The molecule has 2 aromatic rings. The van der Waals surface area contributed by atoms with E-state index >= 15 is 0 Å². The van der Waals surface area contributed by atoms with Gasteiger partial charge in [0.05, 0.1) is 25.4 Å². The first-order chi connectivity index (χ1) is 12.6. The van der Waals surface area contributed by atoms with E-state index in [1.807, 2.05) is 0 Å². The second-order valence-corrected chi connectivity index (χ2v) is 7.71. The van der Waals surface area contributed by atoms with Crippen LogP contribution in [0.1, 0.15) is 5.56 Å². The van der Waals surface area contributed by atoms with Crippen molar-refractivity contribution in [1.29, 1.82) is 0 Å². The van der Waals surface area contributed by atoms with E-state index in [1.54, 1.807) is 17.0 Å². The summed E-state index contributed by atoms with van der Waals surface area (Å²) in [5.41, 5.74) is 0.708. The number of hydrogen-bond donors (Lipinski definition) is 1. The number of amides is 2. The monoisotopic (exact) mass is 396 g/mol. The second-order valence-electron chi connectivity index (χ2n) is 5.51. The lowest BCUT2D eigenvalue weighted by Gasteiger charge is -2.26. The van der Waals surface area contributed by atoms with Crippen LogP contribution in [0.5, 0.6) is 0 Å². The van der Waals surface area contributed by atoms with Crippen molar-refractivity contribution >= 4 is 40.0 Å². The van der Waals surface area contributed by atoms with Crippen molar-refractivity contribution in [2.75, 3.05) is 37.4 Å². The first-order valence-corrected chi connectivity index (χ1v) is 9.76. The molecule has 26 heavy (non-hydrogen) atoms. The summed E-state index contributed by atoms with van der Waals surface area (Å²) >= 11 is 2.51. The van der Waals surface area contributed by atoms with E-state index in [1.165, 1.54) is 35.2 Å². The molecule has 2 amide bonds. The van der Waals surface area contributed by atoms with Crippen LogP contribution < -0.4 is 5.32 Å². The number of ether oxygens (including phenoxy) is 1. The molecule has 1 aliphatic rings. The zero-order valence-electron chi connectivity index (χ0n) is 13.8. The van der Waals surface area contributed by atoms with E-state index in [4.69, 9.17) is 4.74 Å². The smallest absolute Gasteiger partial charge is 0.233 e. The van der Waals surface area contributed by atoms with Crippen LogP contribution >= 0.6 is 23.1 Å². The molecule has 0 aliphatic carbocycles. The van der Waals surface area contributed by atoms with Gasteiger partial charge in [-0.15, -0.1) is 10.2 Å². The van der Waals surface area contributed by atoms with E-state index in [0.717, 1.165) is 0 Å². The highest BCUT2D eigenvalue weighted by Crippen LogP contribution is 2.25. The first-order valence-electron chi connectivity index (χ1n) is 7.96. The Morgan fingerprint density at radius 1 is 1.23 bits per heavy atom. The number of thioether (sulfide) groups is 1. The molecule has 10 heteroatoms. The highest BCUT2D eigenvalue weighted by atomic mass is 32.2. The minimum atomic E-state index is -0.341. The maximum Gasteiger partial charge on any atom is 0.233 e. The second kappa shape index (κ2) is 9.06. The Kier molecular flexibility index (Phi) is 6.53. The average molecular weight is 396 g/mol. The zero-order valence-corrected chi connectivity index (χ0v) is 15.4. The van der Waals surface area contributed by atoms with Crippen molar-refractivity contribution in [1.82, 2.24) is 15.1 Å². The predicted molar refractivity (Wildman–Crippen MR) is 96.8 cm³/mol. The number of anilines is 1. The summed E-state index contributed by atoms with van der Waals surface area (Å²) < 4.78 is 18.7. The molecule has 1 aromatic heterocycles. The standard InChI is InChI=1S/C16H17FN4O3S2/c17-12-3-1-11(2-4-12)9-13(22)18-15-19-20-16(26-15)25-10-14(23)21-5-7-24-8-6-21/h1-4H,5-10H2,(H,18,19,22). The van der Waals surface area contributed by atoms with Gasteiger partial charge in [0.25, 0.3) is 0 Å². The lowest BCUT2D eigenvalue weighted by molar-refractivity contribution is -0.132. The molecule has 138 valence electrons. The SMILES string of the molecule is O=C(Cc1ccc(F)cc1)Nc1nnc(SCC(=O)N2CCOCC2)s1. The molecule has 0 unspecified atom stereocenters. The van der Waals surface area contributed by atoms with Crippen molar-refractivity contribution in [2.24, 2.45) is 0 Å². The Morgan fingerprint density at radius 2 is 1.96 bits per heavy atom. The maximum absolute atomic E-state index is 12.9. The fourth-order valence-electron chi connectivity index (χ4n) is 2.30. The van der Waals surface area contributed by atoms with Gasteiger partial charge in [-0.05, 0) is 17.7 Å². The molecular weight excluding hydrogens is 379 g/mol. The summed E-state index contributed by atoms with van der Waals surface area (Å²) in [6.07, 6.45) is 0.123. The summed E-state index contributed by atoms with van der Waals surface area (Å²) in [4.78, 5) is 25.9. The number of nitrogens with one attached hydrogen (secondary N) is 1. The molecule has 1 aromatic carbocycles. The lowest BCUT2D eigenvalue weighted by Crippen LogP contribution is -2.41. The van der Waals surface area contributed by atoms with Gasteiger partial charge in [-0.1, -0.05) is 35.2 Å². The molecule has 0 atom stereocenters. The normalized spacial score (nSPS) is 14.3. The average Bonchev–Trinajstić information content (AvgIpc) is 3.09. The highest BCUT2D eigenvalue weighted by Gasteiger charge is 2.18. The number of rotatable bonds is 6. The molecule has 0 bridgehead atoms. The van der Waals surface area contributed by atoms with Crippen molar-refractivity contribution in [3.8, 4) is 0 Å². The van der Waals surface area contributed by atoms with E-state index < -0.39 is 0 Å². The number of hydrogen-bond acceptors (Lipinski definition) is 7. The number of morpholine rings is 1. The summed E-state index contributed by atoms with van der Waals surface area (Å²) in [5.74, 6) is -0.284. The Morgan fingerprint density at radius 3 is 2.69 bits per heavy atom. The third-order valence-corrected chi connectivity index (χ3v) is 5.57. The van der Waals surface area contributed by atoms with Gasteiger partial charge in [-0.25, -0.2) is 4.39 Å². The Bertz CT molecular complexity index is 763. The van der Waals surface area contributed by atoms with Crippen LogP contribution in [0.25, 0.3) is 0 Å². The van der Waals surface area contributed by atoms with E-state index in [-0.39, 0.29) is 29.8 Å². The molecule has 0 spiro atoms. The van der Waals surface area contributed by atoms with Crippen molar-refractivity contribution in [3.05, 3.63) is 35.6 Å². The molecule has 0 radical (unpaired) electrons. The molecule has 1 saturated heterocycles. The molecule has 0 saturated carbocycles. The van der Waals surface area contributed by atoms with Gasteiger partial charge in [0.1, 0.15) is 5.82 Å². The molecule has 1 N–H and O–H groups in total.